The van der Waals surface area contributed by atoms with Crippen LogP contribution in [0.2, 0.25) is 0 Å². The lowest BCUT2D eigenvalue weighted by Crippen LogP contribution is -2.30. The molecule has 0 aliphatic rings. The van der Waals surface area contributed by atoms with Crippen molar-refractivity contribution in [2.45, 2.75) is 20.3 Å². The highest BCUT2D eigenvalue weighted by atomic mass is 16.5. The first-order valence-electron chi connectivity index (χ1n) is 8.09. The number of methoxy groups -OCH3 is 1. The maximum Gasteiger partial charge on any atom is 0.342 e. The van der Waals surface area contributed by atoms with Gasteiger partial charge in [-0.25, -0.2) is 9.48 Å². The lowest BCUT2D eigenvalue weighted by atomic mass is 10.2. The third-order valence-corrected chi connectivity index (χ3v) is 3.68. The number of nitrogens with one attached hydrogen (secondary N) is 1. The number of amides is 1. The first-order chi connectivity index (χ1) is 12.0. The number of aryl methyl sites for hydroxylation is 1. The molecule has 134 valence electrons. The van der Waals surface area contributed by atoms with Gasteiger partial charge < -0.3 is 14.8 Å². The van der Waals surface area contributed by atoms with Gasteiger partial charge in [0.1, 0.15) is 5.56 Å². The predicted molar refractivity (Wildman–Crippen MR) is 92.8 cm³/mol. The van der Waals surface area contributed by atoms with Crippen molar-refractivity contribution in [3.8, 4) is 5.69 Å². The summed E-state index contributed by atoms with van der Waals surface area (Å²) in [5, 5.41) is 7.07. The van der Waals surface area contributed by atoms with Gasteiger partial charge in [-0.15, -0.1) is 0 Å². The molecule has 0 aliphatic heterocycles. The average molecular weight is 345 g/mol. The molecular formula is C18H23N3O4. The molecule has 0 fully saturated rings. The fourth-order valence-corrected chi connectivity index (χ4v) is 2.46. The van der Waals surface area contributed by atoms with Crippen molar-refractivity contribution in [2.75, 3.05) is 26.9 Å². The molecule has 0 unspecified atom stereocenters. The minimum absolute atomic E-state index is 0.318. The van der Waals surface area contributed by atoms with Crippen molar-refractivity contribution >= 4 is 11.9 Å². The van der Waals surface area contributed by atoms with Gasteiger partial charge in [-0.1, -0.05) is 18.2 Å². The maximum atomic E-state index is 12.3. The Bertz CT molecular complexity index is 725. The second kappa shape index (κ2) is 8.98. The molecule has 7 heteroatoms. The number of aromatic nitrogens is 2. The fraction of sp³-hybridized carbons (Fsp3) is 0.389. The molecule has 1 N–H and O–H groups in total. The quantitative estimate of drug-likeness (QED) is 0.583. The Kier molecular flexibility index (Phi) is 6.71. The van der Waals surface area contributed by atoms with E-state index in [4.69, 9.17) is 9.47 Å². The van der Waals surface area contributed by atoms with Crippen molar-refractivity contribution in [1.82, 2.24) is 15.1 Å². The van der Waals surface area contributed by atoms with Gasteiger partial charge in [0.25, 0.3) is 5.91 Å². The van der Waals surface area contributed by atoms with Crippen LogP contribution in [0.25, 0.3) is 5.69 Å². The summed E-state index contributed by atoms with van der Waals surface area (Å²) in [6.45, 7) is 4.27. The monoisotopic (exact) mass is 345 g/mol. The Balaban J connectivity index is 1.98. The molecule has 1 aromatic carbocycles. The van der Waals surface area contributed by atoms with Crippen LogP contribution in [0.4, 0.5) is 0 Å². The van der Waals surface area contributed by atoms with Gasteiger partial charge >= 0.3 is 5.97 Å². The molecule has 25 heavy (non-hydrogen) atoms. The van der Waals surface area contributed by atoms with Gasteiger partial charge in [0, 0.05) is 20.3 Å². The SMILES string of the molecule is COCCCNC(=O)COC(=O)c1c(C)nn(-c2ccccc2)c1C. The third kappa shape index (κ3) is 4.90. The molecule has 0 bridgehead atoms. The average Bonchev–Trinajstić information content (AvgIpc) is 2.92. The fourth-order valence-electron chi connectivity index (χ4n) is 2.46. The number of hydrogen-bond acceptors (Lipinski definition) is 5. The Labute approximate surface area is 146 Å². The van der Waals surface area contributed by atoms with Gasteiger partial charge in [0.05, 0.1) is 17.1 Å². The summed E-state index contributed by atoms with van der Waals surface area (Å²) in [5.74, 6) is -0.889. The van der Waals surface area contributed by atoms with Crippen LogP contribution >= 0.6 is 0 Å². The van der Waals surface area contributed by atoms with Crippen molar-refractivity contribution in [2.24, 2.45) is 0 Å². The molecule has 1 heterocycles. The van der Waals surface area contributed by atoms with E-state index >= 15 is 0 Å². The van der Waals surface area contributed by atoms with E-state index in [2.05, 4.69) is 10.4 Å². The highest BCUT2D eigenvalue weighted by molar-refractivity contribution is 5.93. The first-order valence-corrected chi connectivity index (χ1v) is 8.09. The van der Waals surface area contributed by atoms with Crippen LogP contribution in [-0.2, 0) is 14.3 Å². The Hall–Kier alpha value is -2.67. The van der Waals surface area contributed by atoms with Crippen molar-refractivity contribution < 1.29 is 19.1 Å². The highest BCUT2D eigenvalue weighted by Crippen LogP contribution is 2.18. The van der Waals surface area contributed by atoms with E-state index < -0.39 is 5.97 Å². The summed E-state index contributed by atoms with van der Waals surface area (Å²) in [6.07, 6.45) is 0.707. The van der Waals surface area contributed by atoms with Crippen LogP contribution in [0.3, 0.4) is 0 Å². The number of para-hydroxylation sites is 1. The zero-order valence-electron chi connectivity index (χ0n) is 14.7. The Morgan fingerprint density at radius 2 is 1.92 bits per heavy atom. The molecule has 0 saturated carbocycles. The lowest BCUT2D eigenvalue weighted by molar-refractivity contribution is -0.124. The minimum Gasteiger partial charge on any atom is -0.452 e. The standard InChI is InChI=1S/C18H23N3O4/c1-13-17(14(2)21(20-13)15-8-5-4-6-9-15)18(23)25-12-16(22)19-10-7-11-24-3/h4-6,8-9H,7,10-12H2,1-3H3,(H,19,22). The number of ether oxygens (including phenoxy) is 2. The number of carbonyl (C=O) groups is 2. The minimum atomic E-state index is -0.552. The third-order valence-electron chi connectivity index (χ3n) is 3.68. The highest BCUT2D eigenvalue weighted by Gasteiger charge is 2.21. The largest absolute Gasteiger partial charge is 0.452 e. The summed E-state index contributed by atoms with van der Waals surface area (Å²) in [7, 11) is 1.60. The molecule has 2 aromatic rings. The summed E-state index contributed by atoms with van der Waals surface area (Å²) < 4.78 is 11.7. The van der Waals surface area contributed by atoms with Gasteiger partial charge in [-0.2, -0.15) is 5.10 Å². The van der Waals surface area contributed by atoms with Crippen LogP contribution in [0.5, 0.6) is 0 Å². The summed E-state index contributed by atoms with van der Waals surface area (Å²) in [4.78, 5) is 24.0. The molecule has 0 aliphatic carbocycles. The van der Waals surface area contributed by atoms with E-state index in [1.54, 1.807) is 25.6 Å². The Morgan fingerprint density at radius 1 is 1.20 bits per heavy atom. The first kappa shape index (κ1) is 18.7. The van der Waals surface area contributed by atoms with Crippen molar-refractivity contribution in [1.29, 1.82) is 0 Å². The smallest absolute Gasteiger partial charge is 0.342 e. The zero-order valence-corrected chi connectivity index (χ0v) is 14.7. The number of nitrogens with zero attached hydrogens (tertiary/aromatic N) is 2. The van der Waals surface area contributed by atoms with Crippen molar-refractivity contribution in [3.63, 3.8) is 0 Å². The molecule has 0 spiro atoms. The molecule has 2 rings (SSSR count). The predicted octanol–water partition coefficient (Wildman–Crippen LogP) is 1.80. The van der Waals surface area contributed by atoms with Crippen LogP contribution in [0.15, 0.2) is 30.3 Å². The number of hydrogen-bond donors (Lipinski definition) is 1. The van der Waals surface area contributed by atoms with E-state index in [9.17, 15) is 9.59 Å². The number of carbonyl (C=O) groups excluding carboxylic acids is 2. The molecular weight excluding hydrogens is 322 g/mol. The molecule has 7 nitrogen and oxygen atoms in total. The summed E-state index contributed by atoms with van der Waals surface area (Å²) >= 11 is 0. The maximum absolute atomic E-state index is 12.3. The van der Waals surface area contributed by atoms with Crippen LogP contribution in [0, 0.1) is 13.8 Å². The van der Waals surface area contributed by atoms with E-state index in [1.807, 2.05) is 30.3 Å². The molecule has 0 saturated heterocycles. The number of rotatable bonds is 8. The molecule has 0 atom stereocenters. The number of esters is 1. The second-order valence-corrected chi connectivity index (χ2v) is 5.57. The van der Waals surface area contributed by atoms with Gasteiger partial charge in [-0.3, -0.25) is 4.79 Å². The molecule has 1 aromatic heterocycles. The Morgan fingerprint density at radius 3 is 2.60 bits per heavy atom. The van der Waals surface area contributed by atoms with E-state index in [0.717, 1.165) is 5.69 Å². The van der Waals surface area contributed by atoms with Gasteiger partial charge in [-0.05, 0) is 32.4 Å². The lowest BCUT2D eigenvalue weighted by Gasteiger charge is -2.07. The molecule has 1 amide bonds. The summed E-state index contributed by atoms with van der Waals surface area (Å²) in [5.41, 5.74) is 2.48. The van der Waals surface area contributed by atoms with Crippen molar-refractivity contribution in [3.05, 3.63) is 47.3 Å². The van der Waals surface area contributed by atoms with E-state index in [-0.39, 0.29) is 12.5 Å². The van der Waals surface area contributed by atoms with E-state index in [0.29, 0.717) is 36.5 Å². The van der Waals surface area contributed by atoms with Gasteiger partial charge in [0.2, 0.25) is 0 Å². The topological polar surface area (TPSA) is 82.4 Å². The van der Waals surface area contributed by atoms with Crippen LogP contribution in [0.1, 0.15) is 28.2 Å². The van der Waals surface area contributed by atoms with Gasteiger partial charge in [0.15, 0.2) is 6.61 Å². The van der Waals surface area contributed by atoms with Crippen LogP contribution < -0.4 is 5.32 Å². The normalized spacial score (nSPS) is 10.5. The van der Waals surface area contributed by atoms with Crippen LogP contribution in [-0.4, -0.2) is 48.5 Å². The zero-order chi connectivity index (χ0) is 18.2. The van der Waals surface area contributed by atoms with E-state index in [1.165, 1.54) is 0 Å². The second-order valence-electron chi connectivity index (χ2n) is 5.57. The number of benzene rings is 1. The molecule has 0 radical (unpaired) electrons. The summed E-state index contributed by atoms with van der Waals surface area (Å²) in [6, 6.07) is 9.52.